The van der Waals surface area contributed by atoms with Crippen LogP contribution in [0.2, 0.25) is 0 Å². The molecule has 0 radical (unpaired) electrons. The highest BCUT2D eigenvalue weighted by Crippen LogP contribution is 2.16. The van der Waals surface area contributed by atoms with E-state index < -0.39 is 0 Å². The standard InChI is InChI=1S/C20H25FN4OS.HI/c1-22-19(26)15-6-4-5-14(9-15)11-24-20(23-2)25-12-16-7-8-18(21)10-17(16)13-27-3;/h4-10H,11-13H2,1-3H3,(H,22,26)(H2,23,24,25);1H. The maximum Gasteiger partial charge on any atom is 0.251 e. The number of benzene rings is 2. The third kappa shape index (κ3) is 7.31. The largest absolute Gasteiger partial charge is 0.355 e. The molecule has 8 heteroatoms. The van der Waals surface area contributed by atoms with Crippen LogP contribution in [0.1, 0.15) is 27.0 Å². The first-order valence-electron chi connectivity index (χ1n) is 8.59. The Morgan fingerprint density at radius 3 is 2.54 bits per heavy atom. The molecule has 0 saturated heterocycles. The van der Waals surface area contributed by atoms with Crippen LogP contribution in [0, 0.1) is 5.82 Å². The zero-order valence-electron chi connectivity index (χ0n) is 16.2. The number of aliphatic imine (C=N–C) groups is 1. The molecule has 0 heterocycles. The van der Waals surface area contributed by atoms with E-state index in [9.17, 15) is 9.18 Å². The van der Waals surface area contributed by atoms with Crippen LogP contribution in [0.15, 0.2) is 47.5 Å². The molecule has 28 heavy (non-hydrogen) atoms. The molecule has 2 aromatic carbocycles. The van der Waals surface area contributed by atoms with E-state index in [-0.39, 0.29) is 35.7 Å². The summed E-state index contributed by atoms with van der Waals surface area (Å²) in [5.74, 6) is 1.06. The van der Waals surface area contributed by atoms with Crippen LogP contribution in [0.5, 0.6) is 0 Å². The molecule has 0 aromatic heterocycles. The minimum atomic E-state index is -0.221. The van der Waals surface area contributed by atoms with E-state index in [0.29, 0.717) is 24.6 Å². The fourth-order valence-electron chi connectivity index (χ4n) is 2.61. The van der Waals surface area contributed by atoms with Gasteiger partial charge in [-0.05, 0) is 47.2 Å². The molecule has 2 aromatic rings. The van der Waals surface area contributed by atoms with Gasteiger partial charge in [0.05, 0.1) is 0 Å². The number of carbonyl (C=O) groups is 1. The van der Waals surface area contributed by atoms with Gasteiger partial charge in [0, 0.05) is 38.5 Å². The number of thioether (sulfide) groups is 1. The van der Waals surface area contributed by atoms with Crippen LogP contribution < -0.4 is 16.0 Å². The van der Waals surface area contributed by atoms with Crippen LogP contribution in [0.3, 0.4) is 0 Å². The number of amides is 1. The maximum atomic E-state index is 13.5. The molecule has 0 saturated carbocycles. The Morgan fingerprint density at radius 2 is 1.86 bits per heavy atom. The van der Waals surface area contributed by atoms with Gasteiger partial charge in [-0.3, -0.25) is 9.79 Å². The van der Waals surface area contributed by atoms with Gasteiger partial charge >= 0.3 is 0 Å². The lowest BCUT2D eigenvalue weighted by atomic mass is 10.1. The van der Waals surface area contributed by atoms with Crippen LogP contribution >= 0.6 is 35.7 Å². The van der Waals surface area contributed by atoms with Crippen molar-refractivity contribution in [3.8, 4) is 0 Å². The number of rotatable bonds is 7. The van der Waals surface area contributed by atoms with Gasteiger partial charge in [-0.2, -0.15) is 11.8 Å². The van der Waals surface area contributed by atoms with Crippen molar-refractivity contribution in [2.24, 2.45) is 4.99 Å². The molecule has 0 fully saturated rings. The van der Waals surface area contributed by atoms with Crippen molar-refractivity contribution in [1.82, 2.24) is 16.0 Å². The summed E-state index contributed by atoms with van der Waals surface area (Å²) >= 11 is 1.66. The first-order valence-corrected chi connectivity index (χ1v) is 9.98. The number of nitrogens with zero attached hydrogens (tertiary/aromatic N) is 1. The summed E-state index contributed by atoms with van der Waals surface area (Å²) in [5.41, 5.74) is 3.61. The summed E-state index contributed by atoms with van der Waals surface area (Å²) in [7, 11) is 3.31. The van der Waals surface area contributed by atoms with E-state index >= 15 is 0 Å². The van der Waals surface area contributed by atoms with Gasteiger partial charge in [0.25, 0.3) is 5.91 Å². The van der Waals surface area contributed by atoms with Crippen molar-refractivity contribution in [1.29, 1.82) is 0 Å². The summed E-state index contributed by atoms with van der Waals surface area (Å²) in [6.45, 7) is 1.08. The third-order valence-corrected chi connectivity index (χ3v) is 4.61. The summed E-state index contributed by atoms with van der Waals surface area (Å²) in [6, 6.07) is 12.3. The van der Waals surface area contributed by atoms with E-state index in [4.69, 9.17) is 0 Å². The molecule has 0 aliphatic carbocycles. The molecule has 0 spiro atoms. The van der Waals surface area contributed by atoms with Gasteiger partial charge in [0.1, 0.15) is 5.82 Å². The molecule has 0 atom stereocenters. The maximum absolute atomic E-state index is 13.5. The Labute approximate surface area is 187 Å². The summed E-state index contributed by atoms with van der Waals surface area (Å²) in [4.78, 5) is 16.0. The summed E-state index contributed by atoms with van der Waals surface area (Å²) in [6.07, 6.45) is 2.00. The lowest BCUT2D eigenvalue weighted by Crippen LogP contribution is -2.36. The Hall–Kier alpha value is -1.81. The molecule has 0 aliphatic rings. The topological polar surface area (TPSA) is 65.5 Å². The zero-order chi connectivity index (χ0) is 19.6. The van der Waals surface area contributed by atoms with E-state index in [1.54, 1.807) is 44.1 Å². The highest BCUT2D eigenvalue weighted by Gasteiger charge is 2.07. The zero-order valence-corrected chi connectivity index (χ0v) is 19.4. The predicted octanol–water partition coefficient (Wildman–Crippen LogP) is 3.53. The fraction of sp³-hybridized carbons (Fsp3) is 0.300. The van der Waals surface area contributed by atoms with Crippen LogP contribution in [-0.2, 0) is 18.8 Å². The molecule has 2 rings (SSSR count). The van der Waals surface area contributed by atoms with Gasteiger partial charge in [0.2, 0.25) is 0 Å². The molecule has 3 N–H and O–H groups in total. The van der Waals surface area contributed by atoms with E-state index in [0.717, 1.165) is 22.4 Å². The number of carbonyl (C=O) groups excluding carboxylic acids is 1. The molecular weight excluding hydrogens is 490 g/mol. The van der Waals surface area contributed by atoms with E-state index in [1.165, 1.54) is 6.07 Å². The van der Waals surface area contributed by atoms with Gasteiger partial charge in [0.15, 0.2) is 5.96 Å². The molecule has 1 amide bonds. The van der Waals surface area contributed by atoms with Crippen molar-refractivity contribution < 1.29 is 9.18 Å². The van der Waals surface area contributed by atoms with E-state index in [2.05, 4.69) is 20.9 Å². The lowest BCUT2D eigenvalue weighted by molar-refractivity contribution is 0.0963. The first-order chi connectivity index (χ1) is 13.1. The minimum absolute atomic E-state index is 0. The number of guanidine groups is 1. The average molecular weight is 516 g/mol. The van der Waals surface area contributed by atoms with Gasteiger partial charge in [-0.1, -0.05) is 18.2 Å². The monoisotopic (exact) mass is 516 g/mol. The first kappa shape index (κ1) is 24.2. The quantitative estimate of drug-likeness (QED) is 0.300. The number of nitrogens with one attached hydrogen (secondary N) is 3. The van der Waals surface area contributed by atoms with Gasteiger partial charge in [-0.25, -0.2) is 4.39 Å². The Bertz CT molecular complexity index is 817. The predicted molar refractivity (Wildman–Crippen MR) is 126 cm³/mol. The summed E-state index contributed by atoms with van der Waals surface area (Å²) in [5, 5.41) is 9.10. The van der Waals surface area contributed by atoms with Crippen molar-refractivity contribution in [2.45, 2.75) is 18.8 Å². The lowest BCUT2D eigenvalue weighted by Gasteiger charge is -2.14. The Balaban J connectivity index is 0.00000392. The minimum Gasteiger partial charge on any atom is -0.355 e. The molecule has 0 unspecified atom stereocenters. The SMILES string of the molecule is CN=C(NCc1cccc(C(=O)NC)c1)NCc1ccc(F)cc1CSC.I. The second-order valence-electron chi connectivity index (χ2n) is 5.90. The van der Waals surface area contributed by atoms with Crippen molar-refractivity contribution >= 4 is 47.6 Å². The van der Waals surface area contributed by atoms with Crippen molar-refractivity contribution in [3.05, 3.63) is 70.5 Å². The fourth-order valence-corrected chi connectivity index (χ4v) is 3.19. The summed E-state index contributed by atoms with van der Waals surface area (Å²) < 4.78 is 13.5. The van der Waals surface area contributed by atoms with Crippen molar-refractivity contribution in [2.75, 3.05) is 20.4 Å². The van der Waals surface area contributed by atoms with Gasteiger partial charge < -0.3 is 16.0 Å². The third-order valence-electron chi connectivity index (χ3n) is 4.01. The number of halogens is 2. The normalized spacial score (nSPS) is 10.8. The van der Waals surface area contributed by atoms with Crippen LogP contribution in [-0.4, -0.2) is 32.2 Å². The highest BCUT2D eigenvalue weighted by molar-refractivity contribution is 14.0. The Morgan fingerprint density at radius 1 is 1.11 bits per heavy atom. The van der Waals surface area contributed by atoms with Crippen molar-refractivity contribution in [3.63, 3.8) is 0 Å². The second-order valence-corrected chi connectivity index (χ2v) is 6.77. The molecule has 0 bridgehead atoms. The van der Waals surface area contributed by atoms with E-state index in [1.807, 2.05) is 24.5 Å². The van der Waals surface area contributed by atoms with Crippen LogP contribution in [0.4, 0.5) is 4.39 Å². The second kappa shape index (κ2) is 12.6. The smallest absolute Gasteiger partial charge is 0.251 e. The van der Waals surface area contributed by atoms with Crippen LogP contribution in [0.25, 0.3) is 0 Å². The molecule has 152 valence electrons. The molecule has 5 nitrogen and oxygen atoms in total. The Kier molecular flexibility index (Phi) is 10.9. The highest BCUT2D eigenvalue weighted by atomic mass is 127. The molecular formula is C20H26FIN4OS. The van der Waals surface area contributed by atoms with Gasteiger partial charge in [-0.15, -0.1) is 24.0 Å². The average Bonchev–Trinajstić information content (AvgIpc) is 2.69. The number of hydrogen-bond donors (Lipinski definition) is 3. The molecule has 0 aliphatic heterocycles. The number of hydrogen-bond acceptors (Lipinski definition) is 3.